The van der Waals surface area contributed by atoms with E-state index in [1.807, 2.05) is 35.2 Å². The molecule has 2 rings (SSSR count). The molecule has 0 spiro atoms. The summed E-state index contributed by atoms with van der Waals surface area (Å²) in [6.45, 7) is 4.47. The monoisotopic (exact) mass is 388 g/mol. The first kappa shape index (κ1) is 21.9. The van der Waals surface area contributed by atoms with Gasteiger partial charge in [0.25, 0.3) is 0 Å². The molecule has 0 saturated carbocycles. The molecule has 1 heterocycles. The van der Waals surface area contributed by atoms with E-state index < -0.39 is 6.04 Å². The molecular weight excluding hydrogens is 356 g/mol. The number of unbranched alkanes of at least 4 members (excludes halogenated alkanes) is 1. The van der Waals surface area contributed by atoms with Crippen LogP contribution in [0.25, 0.3) is 0 Å². The molecular formula is C21H32N4O3. The Morgan fingerprint density at radius 1 is 1.14 bits per heavy atom. The molecule has 1 unspecified atom stereocenters. The van der Waals surface area contributed by atoms with Crippen LogP contribution in [0.4, 0.5) is 0 Å². The zero-order valence-corrected chi connectivity index (χ0v) is 16.9. The van der Waals surface area contributed by atoms with Gasteiger partial charge in [0.15, 0.2) is 0 Å². The summed E-state index contributed by atoms with van der Waals surface area (Å²) in [5.74, 6) is -0.286. The summed E-state index contributed by atoms with van der Waals surface area (Å²) in [6, 6.07) is 8.49. The van der Waals surface area contributed by atoms with Gasteiger partial charge in [0.1, 0.15) is 6.04 Å². The molecule has 1 atom stereocenters. The third-order valence-corrected chi connectivity index (χ3v) is 5.10. The number of hydrogen-bond acceptors (Lipinski definition) is 4. The van der Waals surface area contributed by atoms with Crippen LogP contribution in [0.3, 0.4) is 0 Å². The molecule has 154 valence electrons. The third kappa shape index (κ3) is 6.64. The van der Waals surface area contributed by atoms with E-state index in [4.69, 9.17) is 0 Å². The lowest BCUT2D eigenvalue weighted by atomic mass is 9.96. The molecule has 1 saturated heterocycles. The van der Waals surface area contributed by atoms with Crippen LogP contribution in [0.1, 0.15) is 44.2 Å². The van der Waals surface area contributed by atoms with Crippen molar-refractivity contribution in [3.8, 4) is 0 Å². The fraction of sp³-hybridized carbons (Fsp3) is 0.571. The van der Waals surface area contributed by atoms with Crippen LogP contribution < -0.4 is 16.0 Å². The van der Waals surface area contributed by atoms with Crippen molar-refractivity contribution in [3.05, 3.63) is 35.9 Å². The smallest absolute Gasteiger partial charge is 0.246 e. The SMILES string of the molecule is CCCCNC(=O)C1CCN(CC(=O)NC(C(=O)NC)c2ccccc2)CC1. The highest BCUT2D eigenvalue weighted by Gasteiger charge is 2.27. The van der Waals surface area contributed by atoms with Crippen LogP contribution in [0, 0.1) is 5.92 Å². The number of hydrogen-bond donors (Lipinski definition) is 3. The number of rotatable bonds is 9. The number of nitrogens with one attached hydrogen (secondary N) is 3. The maximum absolute atomic E-state index is 12.5. The molecule has 28 heavy (non-hydrogen) atoms. The summed E-state index contributed by atoms with van der Waals surface area (Å²) in [5.41, 5.74) is 0.748. The molecule has 3 amide bonds. The van der Waals surface area contributed by atoms with Crippen molar-refractivity contribution in [2.45, 2.75) is 38.6 Å². The minimum Gasteiger partial charge on any atom is -0.357 e. The second kappa shape index (κ2) is 11.4. The van der Waals surface area contributed by atoms with Crippen molar-refractivity contribution in [1.82, 2.24) is 20.9 Å². The number of nitrogens with zero attached hydrogens (tertiary/aromatic N) is 1. The van der Waals surface area contributed by atoms with E-state index in [0.29, 0.717) is 13.1 Å². The Morgan fingerprint density at radius 2 is 1.82 bits per heavy atom. The van der Waals surface area contributed by atoms with Crippen LogP contribution in [-0.4, -0.2) is 55.8 Å². The minimum absolute atomic E-state index is 0.0269. The van der Waals surface area contributed by atoms with Crippen molar-refractivity contribution >= 4 is 17.7 Å². The van der Waals surface area contributed by atoms with Gasteiger partial charge in [-0.1, -0.05) is 43.7 Å². The van der Waals surface area contributed by atoms with Gasteiger partial charge >= 0.3 is 0 Å². The van der Waals surface area contributed by atoms with Gasteiger partial charge in [0.05, 0.1) is 6.54 Å². The second-order valence-corrected chi connectivity index (χ2v) is 7.22. The third-order valence-electron chi connectivity index (χ3n) is 5.10. The first-order valence-electron chi connectivity index (χ1n) is 10.1. The van der Waals surface area contributed by atoms with E-state index in [9.17, 15) is 14.4 Å². The number of carbonyl (C=O) groups excluding carboxylic acids is 3. The molecule has 0 aromatic heterocycles. The molecule has 1 aliphatic heterocycles. The normalized spacial score (nSPS) is 16.2. The lowest BCUT2D eigenvalue weighted by Crippen LogP contribution is -2.47. The Hall–Kier alpha value is -2.41. The maximum Gasteiger partial charge on any atom is 0.246 e. The molecule has 0 aliphatic carbocycles. The quantitative estimate of drug-likeness (QED) is 0.555. The van der Waals surface area contributed by atoms with Crippen molar-refractivity contribution in [2.24, 2.45) is 5.92 Å². The zero-order chi connectivity index (χ0) is 20.4. The summed E-state index contributed by atoms with van der Waals surface area (Å²) >= 11 is 0. The molecule has 0 bridgehead atoms. The summed E-state index contributed by atoms with van der Waals surface area (Å²) < 4.78 is 0. The molecule has 1 aromatic carbocycles. The number of amides is 3. The summed E-state index contributed by atoms with van der Waals surface area (Å²) in [4.78, 5) is 38.9. The van der Waals surface area contributed by atoms with Crippen LogP contribution in [0.15, 0.2) is 30.3 Å². The van der Waals surface area contributed by atoms with Crippen molar-refractivity contribution in [1.29, 1.82) is 0 Å². The highest BCUT2D eigenvalue weighted by atomic mass is 16.2. The minimum atomic E-state index is -0.708. The van der Waals surface area contributed by atoms with Gasteiger partial charge in [-0.2, -0.15) is 0 Å². The number of benzene rings is 1. The molecule has 7 heteroatoms. The molecule has 0 radical (unpaired) electrons. The van der Waals surface area contributed by atoms with E-state index in [1.165, 1.54) is 0 Å². The van der Waals surface area contributed by atoms with Crippen molar-refractivity contribution < 1.29 is 14.4 Å². The Labute approximate surface area is 167 Å². The van der Waals surface area contributed by atoms with Gasteiger partial charge < -0.3 is 16.0 Å². The molecule has 1 aliphatic rings. The van der Waals surface area contributed by atoms with Gasteiger partial charge in [-0.05, 0) is 37.9 Å². The van der Waals surface area contributed by atoms with Gasteiger partial charge in [-0.25, -0.2) is 0 Å². The Bertz CT molecular complexity index is 642. The molecule has 1 aromatic rings. The summed E-state index contributed by atoms with van der Waals surface area (Å²) in [5, 5.41) is 8.42. The first-order valence-corrected chi connectivity index (χ1v) is 10.1. The van der Waals surface area contributed by atoms with Crippen molar-refractivity contribution in [2.75, 3.05) is 33.2 Å². The van der Waals surface area contributed by atoms with E-state index in [1.54, 1.807) is 7.05 Å². The number of carbonyl (C=O) groups is 3. The van der Waals surface area contributed by atoms with Crippen molar-refractivity contribution in [3.63, 3.8) is 0 Å². The van der Waals surface area contributed by atoms with Gasteiger partial charge in [-0.15, -0.1) is 0 Å². The lowest BCUT2D eigenvalue weighted by Gasteiger charge is -2.31. The van der Waals surface area contributed by atoms with E-state index in [0.717, 1.165) is 37.8 Å². The fourth-order valence-corrected chi connectivity index (χ4v) is 3.39. The second-order valence-electron chi connectivity index (χ2n) is 7.22. The Kier molecular flexibility index (Phi) is 8.94. The number of piperidine rings is 1. The van der Waals surface area contributed by atoms with E-state index in [-0.39, 0.29) is 30.2 Å². The molecule has 7 nitrogen and oxygen atoms in total. The predicted molar refractivity (Wildman–Crippen MR) is 108 cm³/mol. The standard InChI is InChI=1S/C21H32N4O3/c1-3-4-12-23-20(27)17-10-13-25(14-11-17)15-18(26)24-19(21(28)22-2)16-8-6-5-7-9-16/h5-9,17,19H,3-4,10-15H2,1-2H3,(H,22,28)(H,23,27)(H,24,26). The highest BCUT2D eigenvalue weighted by molar-refractivity contribution is 5.89. The number of likely N-dealkylation sites (N-methyl/N-ethyl adjacent to an activating group) is 1. The zero-order valence-electron chi connectivity index (χ0n) is 16.9. The van der Waals surface area contributed by atoms with Gasteiger partial charge in [-0.3, -0.25) is 19.3 Å². The maximum atomic E-state index is 12.5. The average Bonchev–Trinajstić information content (AvgIpc) is 2.72. The first-order chi connectivity index (χ1) is 13.5. The van der Waals surface area contributed by atoms with Crippen LogP contribution >= 0.6 is 0 Å². The van der Waals surface area contributed by atoms with Crippen LogP contribution in [0.2, 0.25) is 0 Å². The highest BCUT2D eigenvalue weighted by Crippen LogP contribution is 2.18. The Morgan fingerprint density at radius 3 is 2.43 bits per heavy atom. The van der Waals surface area contributed by atoms with Gasteiger partial charge in [0, 0.05) is 19.5 Å². The predicted octanol–water partition coefficient (Wildman–Crippen LogP) is 1.22. The lowest BCUT2D eigenvalue weighted by molar-refractivity contribution is -0.130. The average molecular weight is 389 g/mol. The topological polar surface area (TPSA) is 90.5 Å². The molecule has 1 fully saturated rings. The van der Waals surface area contributed by atoms with E-state index in [2.05, 4.69) is 22.9 Å². The van der Waals surface area contributed by atoms with Crippen LogP contribution in [0.5, 0.6) is 0 Å². The Balaban J connectivity index is 1.81. The van der Waals surface area contributed by atoms with E-state index >= 15 is 0 Å². The number of likely N-dealkylation sites (tertiary alicyclic amines) is 1. The van der Waals surface area contributed by atoms with Gasteiger partial charge in [0.2, 0.25) is 17.7 Å². The fourth-order valence-electron chi connectivity index (χ4n) is 3.39. The largest absolute Gasteiger partial charge is 0.357 e. The van der Waals surface area contributed by atoms with Crippen LogP contribution in [-0.2, 0) is 14.4 Å². The molecule has 3 N–H and O–H groups in total. The summed E-state index contributed by atoms with van der Waals surface area (Å²) in [7, 11) is 1.56. The summed E-state index contributed by atoms with van der Waals surface area (Å²) in [6.07, 6.45) is 3.57.